The number of nitrogens with one attached hydrogen (secondary N) is 1. The first-order chi connectivity index (χ1) is 11.6. The molecule has 128 valence electrons. The zero-order chi connectivity index (χ0) is 17.5. The molecule has 1 amide bonds. The van der Waals surface area contributed by atoms with Crippen molar-refractivity contribution in [3.8, 4) is 17.2 Å². The first kappa shape index (κ1) is 17.6. The minimum Gasteiger partial charge on any atom is -0.493 e. The minimum atomic E-state index is -0.691. The van der Waals surface area contributed by atoms with E-state index >= 15 is 0 Å². The first-order valence-electron chi connectivity index (χ1n) is 7.52. The summed E-state index contributed by atoms with van der Waals surface area (Å²) in [5, 5.41) is 2.78. The van der Waals surface area contributed by atoms with Gasteiger partial charge in [0.25, 0.3) is 5.91 Å². The lowest BCUT2D eigenvalue weighted by molar-refractivity contribution is -0.122. The van der Waals surface area contributed by atoms with E-state index < -0.39 is 6.10 Å². The molecule has 0 saturated heterocycles. The van der Waals surface area contributed by atoms with E-state index in [0.717, 1.165) is 0 Å². The summed E-state index contributed by atoms with van der Waals surface area (Å²) in [6.45, 7) is 1.84. The monoisotopic (exact) mass is 333 g/mol. The maximum absolute atomic E-state index is 12.9. The summed E-state index contributed by atoms with van der Waals surface area (Å²) in [7, 11) is 3.07. The van der Waals surface area contributed by atoms with Crippen LogP contribution in [-0.4, -0.2) is 26.2 Å². The van der Waals surface area contributed by atoms with Crippen LogP contribution in [0.15, 0.2) is 42.5 Å². The fraction of sp³-hybridized carbons (Fsp3) is 0.278. The third-order valence-corrected chi connectivity index (χ3v) is 3.41. The van der Waals surface area contributed by atoms with Crippen molar-refractivity contribution >= 4 is 11.6 Å². The number of methoxy groups -OCH3 is 2. The third-order valence-electron chi connectivity index (χ3n) is 3.41. The highest BCUT2D eigenvalue weighted by atomic mass is 19.1. The van der Waals surface area contributed by atoms with E-state index in [9.17, 15) is 9.18 Å². The molecule has 0 aromatic heterocycles. The molecular formula is C18H20FNO4. The van der Waals surface area contributed by atoms with Gasteiger partial charge >= 0.3 is 0 Å². The Balaban J connectivity index is 2.07. The van der Waals surface area contributed by atoms with Crippen molar-refractivity contribution in [1.82, 2.24) is 0 Å². The van der Waals surface area contributed by atoms with Gasteiger partial charge in [-0.25, -0.2) is 4.39 Å². The Labute approximate surface area is 140 Å². The molecule has 0 bridgehead atoms. The van der Waals surface area contributed by atoms with Crippen molar-refractivity contribution in [3.63, 3.8) is 0 Å². The third kappa shape index (κ3) is 4.38. The van der Waals surface area contributed by atoms with Gasteiger partial charge in [0.2, 0.25) is 0 Å². The lowest BCUT2D eigenvalue weighted by Gasteiger charge is -2.18. The zero-order valence-electron chi connectivity index (χ0n) is 13.8. The van der Waals surface area contributed by atoms with Crippen LogP contribution in [0.5, 0.6) is 17.2 Å². The number of rotatable bonds is 7. The van der Waals surface area contributed by atoms with E-state index in [1.807, 2.05) is 6.92 Å². The van der Waals surface area contributed by atoms with Gasteiger partial charge in [-0.2, -0.15) is 0 Å². The van der Waals surface area contributed by atoms with Crippen LogP contribution in [0.3, 0.4) is 0 Å². The van der Waals surface area contributed by atoms with E-state index in [2.05, 4.69) is 5.32 Å². The van der Waals surface area contributed by atoms with E-state index in [-0.39, 0.29) is 11.7 Å². The van der Waals surface area contributed by atoms with Crippen LogP contribution < -0.4 is 19.5 Å². The molecule has 0 aliphatic rings. The summed E-state index contributed by atoms with van der Waals surface area (Å²) in [5.41, 5.74) is 0.568. The average molecular weight is 333 g/mol. The molecule has 0 radical (unpaired) electrons. The van der Waals surface area contributed by atoms with Crippen LogP contribution in [0.2, 0.25) is 0 Å². The Morgan fingerprint density at radius 1 is 1.08 bits per heavy atom. The molecule has 24 heavy (non-hydrogen) atoms. The van der Waals surface area contributed by atoms with E-state index in [4.69, 9.17) is 14.2 Å². The molecule has 0 aliphatic heterocycles. The standard InChI is InChI=1S/C18H20FNO4/c1-4-15(24-14-8-5-12(19)6-9-14)18(21)20-13-7-10-16(22-2)17(11-13)23-3/h5-11,15H,4H2,1-3H3,(H,20,21)/t15-/m1/s1. The van der Waals surface area contributed by atoms with Gasteiger partial charge in [0, 0.05) is 11.8 Å². The number of anilines is 1. The molecule has 5 nitrogen and oxygen atoms in total. The second-order valence-electron chi connectivity index (χ2n) is 5.03. The van der Waals surface area contributed by atoms with Crippen molar-refractivity contribution in [1.29, 1.82) is 0 Å². The molecule has 1 N–H and O–H groups in total. The van der Waals surface area contributed by atoms with Gasteiger partial charge in [-0.15, -0.1) is 0 Å². The average Bonchev–Trinajstić information content (AvgIpc) is 2.60. The second-order valence-corrected chi connectivity index (χ2v) is 5.03. The maximum Gasteiger partial charge on any atom is 0.265 e. The summed E-state index contributed by atoms with van der Waals surface area (Å²) in [4.78, 5) is 12.4. The molecule has 2 aromatic carbocycles. The van der Waals surface area contributed by atoms with Gasteiger partial charge in [0.05, 0.1) is 14.2 Å². The first-order valence-corrected chi connectivity index (χ1v) is 7.52. The molecule has 2 aromatic rings. The number of carbonyl (C=O) groups excluding carboxylic acids is 1. The molecular weight excluding hydrogens is 313 g/mol. The number of carbonyl (C=O) groups is 1. The van der Waals surface area contributed by atoms with Gasteiger partial charge in [0.15, 0.2) is 17.6 Å². The fourth-order valence-corrected chi connectivity index (χ4v) is 2.14. The highest BCUT2D eigenvalue weighted by Gasteiger charge is 2.19. The van der Waals surface area contributed by atoms with Crippen LogP contribution in [0.4, 0.5) is 10.1 Å². The quantitative estimate of drug-likeness (QED) is 0.840. The van der Waals surface area contributed by atoms with Gasteiger partial charge in [-0.1, -0.05) is 6.92 Å². The smallest absolute Gasteiger partial charge is 0.265 e. The number of hydrogen-bond donors (Lipinski definition) is 1. The molecule has 1 atom stereocenters. The predicted octanol–water partition coefficient (Wildman–Crippen LogP) is 3.64. The van der Waals surface area contributed by atoms with Crippen molar-refractivity contribution < 1.29 is 23.4 Å². The van der Waals surface area contributed by atoms with E-state index in [1.165, 1.54) is 31.4 Å². The molecule has 0 unspecified atom stereocenters. The summed E-state index contributed by atoms with van der Waals surface area (Å²) >= 11 is 0. The number of hydrogen-bond acceptors (Lipinski definition) is 4. The molecule has 0 saturated carbocycles. The van der Waals surface area contributed by atoms with Crippen LogP contribution in [0.25, 0.3) is 0 Å². The van der Waals surface area contributed by atoms with Crippen LogP contribution in [-0.2, 0) is 4.79 Å². The summed E-state index contributed by atoms with van der Waals surface area (Å²) in [6.07, 6.45) is -0.222. The molecule has 6 heteroatoms. The zero-order valence-corrected chi connectivity index (χ0v) is 13.8. The Kier molecular flexibility index (Phi) is 6.01. The minimum absolute atomic E-state index is 0.297. The number of benzene rings is 2. The number of halogens is 1. The van der Waals surface area contributed by atoms with Gasteiger partial charge in [0.1, 0.15) is 11.6 Å². The second kappa shape index (κ2) is 8.19. The molecule has 0 aliphatic carbocycles. The predicted molar refractivity (Wildman–Crippen MR) is 89.3 cm³/mol. The number of ether oxygens (including phenoxy) is 3. The summed E-state index contributed by atoms with van der Waals surface area (Å²) in [5.74, 6) is 0.873. The Morgan fingerprint density at radius 3 is 2.33 bits per heavy atom. The Morgan fingerprint density at radius 2 is 1.75 bits per heavy atom. The lowest BCUT2D eigenvalue weighted by Crippen LogP contribution is -2.32. The highest BCUT2D eigenvalue weighted by Crippen LogP contribution is 2.29. The molecule has 0 spiro atoms. The largest absolute Gasteiger partial charge is 0.493 e. The van der Waals surface area contributed by atoms with E-state index in [1.54, 1.807) is 25.3 Å². The van der Waals surface area contributed by atoms with E-state index in [0.29, 0.717) is 29.4 Å². The Hall–Kier alpha value is -2.76. The fourth-order valence-electron chi connectivity index (χ4n) is 2.14. The van der Waals surface area contributed by atoms with Gasteiger partial charge in [-0.3, -0.25) is 4.79 Å². The van der Waals surface area contributed by atoms with Crippen molar-refractivity contribution in [3.05, 3.63) is 48.3 Å². The Bertz CT molecular complexity index is 688. The SMILES string of the molecule is CC[C@@H](Oc1ccc(F)cc1)C(=O)Nc1ccc(OC)c(OC)c1. The normalized spacial score (nSPS) is 11.5. The van der Waals surface area contributed by atoms with Crippen molar-refractivity contribution in [2.45, 2.75) is 19.4 Å². The lowest BCUT2D eigenvalue weighted by atomic mass is 10.2. The summed E-state index contributed by atoms with van der Waals surface area (Å²) in [6, 6.07) is 10.6. The van der Waals surface area contributed by atoms with Gasteiger partial charge in [-0.05, 0) is 42.8 Å². The summed E-state index contributed by atoms with van der Waals surface area (Å²) < 4.78 is 28.9. The van der Waals surface area contributed by atoms with Crippen LogP contribution in [0.1, 0.15) is 13.3 Å². The molecule has 0 fully saturated rings. The highest BCUT2D eigenvalue weighted by molar-refractivity contribution is 5.94. The molecule has 2 rings (SSSR count). The topological polar surface area (TPSA) is 56.8 Å². The van der Waals surface area contributed by atoms with Crippen molar-refractivity contribution in [2.75, 3.05) is 19.5 Å². The van der Waals surface area contributed by atoms with Crippen LogP contribution >= 0.6 is 0 Å². The van der Waals surface area contributed by atoms with Crippen LogP contribution in [0, 0.1) is 5.82 Å². The maximum atomic E-state index is 12.9. The van der Waals surface area contributed by atoms with Gasteiger partial charge < -0.3 is 19.5 Å². The number of amides is 1. The van der Waals surface area contributed by atoms with Crippen molar-refractivity contribution in [2.24, 2.45) is 0 Å². The molecule has 0 heterocycles.